The van der Waals surface area contributed by atoms with Crippen molar-refractivity contribution < 1.29 is 9.59 Å². The maximum absolute atomic E-state index is 12.9. The average Bonchev–Trinajstić information content (AvgIpc) is 3.49. The Morgan fingerprint density at radius 2 is 1.70 bits per heavy atom. The standard InChI is InChI=1S/C22H33N3O2/c1-14(2)15(3)25(22(27)17-8-9-17)13-18-12-19(10-11-20(18)24(4)5)23-21(26)16-6-7-16/h10-12,14-17H,6-9,13H2,1-5H3,(H,23,26). The van der Waals surface area contributed by atoms with Gasteiger partial charge in [0.1, 0.15) is 0 Å². The highest BCUT2D eigenvalue weighted by Crippen LogP contribution is 2.35. The van der Waals surface area contributed by atoms with Gasteiger partial charge in [0.25, 0.3) is 0 Å². The molecule has 1 aromatic carbocycles. The Kier molecular flexibility index (Phi) is 5.78. The molecule has 2 saturated carbocycles. The van der Waals surface area contributed by atoms with Crippen LogP contribution >= 0.6 is 0 Å². The average molecular weight is 372 g/mol. The van der Waals surface area contributed by atoms with Crippen LogP contribution in [0.3, 0.4) is 0 Å². The molecule has 1 unspecified atom stereocenters. The van der Waals surface area contributed by atoms with Crippen molar-refractivity contribution in [2.45, 2.75) is 59.0 Å². The van der Waals surface area contributed by atoms with Crippen molar-refractivity contribution in [1.29, 1.82) is 0 Å². The Balaban J connectivity index is 1.85. The Labute approximate surface area is 163 Å². The Morgan fingerprint density at radius 1 is 1.07 bits per heavy atom. The molecule has 0 bridgehead atoms. The molecular formula is C22H33N3O2. The predicted molar refractivity (Wildman–Crippen MR) is 110 cm³/mol. The van der Waals surface area contributed by atoms with E-state index in [0.29, 0.717) is 12.5 Å². The predicted octanol–water partition coefficient (Wildman–Crippen LogP) is 3.88. The van der Waals surface area contributed by atoms with Gasteiger partial charge in [-0.1, -0.05) is 13.8 Å². The highest BCUT2D eigenvalue weighted by Gasteiger charge is 2.36. The SMILES string of the molecule is CC(C)C(C)N(Cc1cc(NC(=O)C2CC2)ccc1N(C)C)C(=O)C1CC1. The van der Waals surface area contributed by atoms with Gasteiger partial charge in [0.05, 0.1) is 0 Å². The lowest BCUT2D eigenvalue weighted by atomic mass is 10.0. The fraction of sp³-hybridized carbons (Fsp3) is 0.636. The molecule has 5 nitrogen and oxygen atoms in total. The molecule has 2 aliphatic carbocycles. The minimum Gasteiger partial charge on any atom is -0.377 e. The van der Waals surface area contributed by atoms with E-state index in [1.165, 1.54) is 0 Å². The van der Waals surface area contributed by atoms with E-state index in [1.54, 1.807) is 0 Å². The number of hydrogen-bond acceptors (Lipinski definition) is 3. The van der Waals surface area contributed by atoms with Gasteiger partial charge in [0.15, 0.2) is 0 Å². The Morgan fingerprint density at radius 3 is 2.22 bits per heavy atom. The van der Waals surface area contributed by atoms with Crippen LogP contribution in [-0.2, 0) is 16.1 Å². The van der Waals surface area contributed by atoms with Crippen LogP contribution in [0.2, 0.25) is 0 Å². The second-order valence-electron chi connectivity index (χ2n) is 8.73. The van der Waals surface area contributed by atoms with Crippen molar-refractivity contribution in [3.05, 3.63) is 23.8 Å². The van der Waals surface area contributed by atoms with Gasteiger partial charge in [0, 0.05) is 49.9 Å². The minimum absolute atomic E-state index is 0.111. The maximum atomic E-state index is 12.9. The summed E-state index contributed by atoms with van der Waals surface area (Å²) in [7, 11) is 4.03. The van der Waals surface area contributed by atoms with Crippen LogP contribution in [0.4, 0.5) is 11.4 Å². The molecule has 148 valence electrons. The fourth-order valence-corrected chi connectivity index (χ4v) is 3.35. The third-order valence-corrected chi connectivity index (χ3v) is 5.78. The Bertz CT molecular complexity index is 706. The molecule has 3 rings (SSSR count). The number of hydrogen-bond donors (Lipinski definition) is 1. The summed E-state index contributed by atoms with van der Waals surface area (Å²) in [6, 6.07) is 6.21. The molecule has 1 atom stereocenters. The van der Waals surface area contributed by atoms with Gasteiger partial charge in [-0.15, -0.1) is 0 Å². The number of carbonyl (C=O) groups excluding carboxylic acids is 2. The molecule has 0 aliphatic heterocycles. The number of benzene rings is 1. The zero-order valence-corrected chi connectivity index (χ0v) is 17.3. The summed E-state index contributed by atoms with van der Waals surface area (Å²) < 4.78 is 0. The summed E-state index contributed by atoms with van der Waals surface area (Å²) in [6.45, 7) is 7.04. The number of amides is 2. The van der Waals surface area contributed by atoms with E-state index in [-0.39, 0.29) is 29.7 Å². The number of nitrogens with one attached hydrogen (secondary N) is 1. The van der Waals surface area contributed by atoms with E-state index in [1.807, 2.05) is 37.2 Å². The number of nitrogens with zero attached hydrogens (tertiary/aromatic N) is 2. The van der Waals surface area contributed by atoms with Gasteiger partial charge in [-0.2, -0.15) is 0 Å². The lowest BCUT2D eigenvalue weighted by Gasteiger charge is -2.33. The third-order valence-electron chi connectivity index (χ3n) is 5.78. The first kappa shape index (κ1) is 19.7. The lowest BCUT2D eigenvalue weighted by molar-refractivity contribution is -0.136. The maximum Gasteiger partial charge on any atom is 0.227 e. The molecule has 2 aliphatic rings. The number of carbonyl (C=O) groups is 2. The van der Waals surface area contributed by atoms with Crippen molar-refractivity contribution >= 4 is 23.2 Å². The highest BCUT2D eigenvalue weighted by molar-refractivity contribution is 5.94. The van der Waals surface area contributed by atoms with Gasteiger partial charge in [-0.3, -0.25) is 9.59 Å². The van der Waals surface area contributed by atoms with Crippen LogP contribution in [-0.4, -0.2) is 36.9 Å². The van der Waals surface area contributed by atoms with Gasteiger partial charge >= 0.3 is 0 Å². The number of anilines is 2. The molecular weight excluding hydrogens is 338 g/mol. The lowest BCUT2D eigenvalue weighted by Crippen LogP contribution is -2.42. The summed E-state index contributed by atoms with van der Waals surface area (Å²) in [6.07, 6.45) is 4.00. The van der Waals surface area contributed by atoms with Crippen LogP contribution in [0.25, 0.3) is 0 Å². The summed E-state index contributed by atoms with van der Waals surface area (Å²) in [5, 5.41) is 3.04. The van der Waals surface area contributed by atoms with Gasteiger partial charge in [-0.25, -0.2) is 0 Å². The van der Waals surface area contributed by atoms with Crippen LogP contribution in [0.5, 0.6) is 0 Å². The van der Waals surface area contributed by atoms with Crippen molar-refractivity contribution in [2.24, 2.45) is 17.8 Å². The molecule has 5 heteroatoms. The fourth-order valence-electron chi connectivity index (χ4n) is 3.35. The van der Waals surface area contributed by atoms with Gasteiger partial charge in [0.2, 0.25) is 11.8 Å². The molecule has 2 amide bonds. The second kappa shape index (κ2) is 7.91. The first-order valence-electron chi connectivity index (χ1n) is 10.2. The minimum atomic E-state index is 0.111. The van der Waals surface area contributed by atoms with Crippen LogP contribution < -0.4 is 10.2 Å². The quantitative estimate of drug-likeness (QED) is 0.754. The Hall–Kier alpha value is -2.04. The second-order valence-corrected chi connectivity index (χ2v) is 8.73. The molecule has 0 radical (unpaired) electrons. The van der Waals surface area contributed by atoms with Crippen LogP contribution in [0.15, 0.2) is 18.2 Å². The molecule has 27 heavy (non-hydrogen) atoms. The first-order chi connectivity index (χ1) is 12.8. The molecule has 0 aromatic heterocycles. The summed E-state index contributed by atoms with van der Waals surface area (Å²) in [5.74, 6) is 1.16. The topological polar surface area (TPSA) is 52.7 Å². The normalized spacial score (nSPS) is 17.6. The van der Waals surface area contributed by atoms with Crippen molar-refractivity contribution in [1.82, 2.24) is 4.90 Å². The molecule has 1 aromatic rings. The first-order valence-corrected chi connectivity index (χ1v) is 10.2. The van der Waals surface area contributed by atoms with E-state index >= 15 is 0 Å². The third kappa shape index (κ3) is 4.82. The number of rotatable bonds is 8. The van der Waals surface area contributed by atoms with Crippen LogP contribution in [0, 0.1) is 17.8 Å². The van der Waals surface area contributed by atoms with E-state index in [4.69, 9.17) is 0 Å². The van der Waals surface area contributed by atoms with E-state index in [2.05, 4.69) is 31.0 Å². The van der Waals surface area contributed by atoms with Crippen LogP contribution in [0.1, 0.15) is 52.0 Å². The highest BCUT2D eigenvalue weighted by atomic mass is 16.2. The summed E-state index contributed by atoms with van der Waals surface area (Å²) >= 11 is 0. The van der Waals surface area contributed by atoms with Crippen molar-refractivity contribution in [3.63, 3.8) is 0 Å². The summed E-state index contributed by atoms with van der Waals surface area (Å²) in [4.78, 5) is 29.2. The summed E-state index contributed by atoms with van der Waals surface area (Å²) in [5.41, 5.74) is 2.99. The van der Waals surface area contributed by atoms with Crippen molar-refractivity contribution in [3.8, 4) is 0 Å². The molecule has 1 N–H and O–H groups in total. The monoisotopic (exact) mass is 371 g/mol. The molecule has 2 fully saturated rings. The zero-order valence-electron chi connectivity index (χ0n) is 17.3. The van der Waals surface area contributed by atoms with Gasteiger partial charge in [-0.05, 0) is 62.3 Å². The molecule has 0 heterocycles. The largest absolute Gasteiger partial charge is 0.377 e. The van der Waals surface area contributed by atoms with Gasteiger partial charge < -0.3 is 15.1 Å². The van der Waals surface area contributed by atoms with E-state index in [9.17, 15) is 9.59 Å². The molecule has 0 saturated heterocycles. The zero-order chi connectivity index (χ0) is 19.7. The van der Waals surface area contributed by atoms with E-state index in [0.717, 1.165) is 42.6 Å². The van der Waals surface area contributed by atoms with E-state index < -0.39 is 0 Å². The molecule has 0 spiro atoms. The van der Waals surface area contributed by atoms with Crippen molar-refractivity contribution in [2.75, 3.05) is 24.3 Å². The smallest absolute Gasteiger partial charge is 0.227 e.